The molecule has 9 heteroatoms. The third-order valence-corrected chi connectivity index (χ3v) is 3.47. The van der Waals surface area contributed by atoms with Gasteiger partial charge in [-0.25, -0.2) is 9.97 Å². The summed E-state index contributed by atoms with van der Waals surface area (Å²) in [4.78, 5) is 8.40. The number of rotatable bonds is 2. The van der Waals surface area contributed by atoms with E-state index in [4.69, 9.17) is 10.9 Å². The Morgan fingerprint density at radius 3 is 2.71 bits per heavy atom. The Kier molecular flexibility index (Phi) is 3.63. The lowest BCUT2D eigenvalue weighted by Crippen LogP contribution is -2.19. The van der Waals surface area contributed by atoms with Gasteiger partial charge in [-0.3, -0.25) is 4.57 Å². The molecule has 1 aromatic carbocycles. The number of hydrogen-bond donors (Lipinski definition) is 2. The Bertz CT molecular complexity index is 946. The zero-order chi connectivity index (χ0) is 17.5. The van der Waals surface area contributed by atoms with E-state index in [9.17, 15) is 13.2 Å². The van der Waals surface area contributed by atoms with Crippen molar-refractivity contribution in [3.8, 4) is 5.82 Å². The van der Waals surface area contributed by atoms with Crippen LogP contribution in [0.2, 0.25) is 0 Å². The van der Waals surface area contributed by atoms with Gasteiger partial charge >= 0.3 is 6.18 Å². The zero-order valence-corrected chi connectivity index (χ0v) is 12.4. The summed E-state index contributed by atoms with van der Waals surface area (Å²) in [5.74, 6) is 0.0197. The molecule has 6 nitrogen and oxygen atoms in total. The lowest BCUT2D eigenvalue weighted by Gasteiger charge is -2.11. The number of nitrogens with zero attached hydrogens (tertiary/aromatic N) is 4. The van der Waals surface area contributed by atoms with Gasteiger partial charge in [-0.2, -0.15) is 13.2 Å². The third kappa shape index (κ3) is 2.64. The van der Waals surface area contributed by atoms with Crippen LogP contribution in [0, 0.1) is 6.92 Å². The van der Waals surface area contributed by atoms with Crippen molar-refractivity contribution >= 4 is 16.7 Å². The predicted octanol–water partition coefficient (Wildman–Crippen LogP) is 2.84. The molecule has 0 saturated heterocycles. The van der Waals surface area contributed by atoms with E-state index in [1.165, 1.54) is 18.3 Å². The Balaban J connectivity index is 2.23. The first-order chi connectivity index (χ1) is 11.3. The summed E-state index contributed by atoms with van der Waals surface area (Å²) in [6.45, 7) is 1.71. The summed E-state index contributed by atoms with van der Waals surface area (Å²) in [5, 5.41) is 12.2. The molecule has 2 aromatic heterocycles. The van der Waals surface area contributed by atoms with Crippen molar-refractivity contribution in [2.45, 2.75) is 13.1 Å². The predicted molar refractivity (Wildman–Crippen MR) is 81.1 cm³/mol. The molecule has 0 aliphatic carbocycles. The molecule has 0 saturated carbocycles. The molecule has 0 fully saturated rings. The molecule has 3 rings (SSSR count). The molecule has 0 aliphatic rings. The average molecular weight is 335 g/mol. The monoisotopic (exact) mass is 335 g/mol. The standard InChI is InChI=1S/C15H12F3N5O/c1-8-7-20-12(13(19)22-24)14(21-8)23-5-4-9-6-10(15(16,17)18)2-3-11(9)23/h2-7,24H,1H3,(H2,19,22). The molecule has 0 unspecified atom stereocenters. The van der Waals surface area contributed by atoms with E-state index in [1.807, 2.05) is 0 Å². The third-order valence-electron chi connectivity index (χ3n) is 3.47. The molecule has 0 bridgehead atoms. The van der Waals surface area contributed by atoms with Gasteiger partial charge < -0.3 is 10.9 Å². The number of aromatic nitrogens is 3. The molecule has 0 aliphatic heterocycles. The topological polar surface area (TPSA) is 89.3 Å². The summed E-state index contributed by atoms with van der Waals surface area (Å²) < 4.78 is 40.0. The molecule has 0 radical (unpaired) electrons. The van der Waals surface area contributed by atoms with Crippen LogP contribution in [0.5, 0.6) is 0 Å². The molecule has 3 aromatic rings. The van der Waals surface area contributed by atoms with Gasteiger partial charge in [0.1, 0.15) is 0 Å². The second-order valence-corrected chi connectivity index (χ2v) is 5.13. The lowest BCUT2D eigenvalue weighted by atomic mass is 10.1. The molecular formula is C15H12F3N5O. The molecule has 0 atom stereocenters. The lowest BCUT2D eigenvalue weighted by molar-refractivity contribution is -0.137. The second kappa shape index (κ2) is 5.52. The summed E-state index contributed by atoms with van der Waals surface area (Å²) in [7, 11) is 0. The second-order valence-electron chi connectivity index (χ2n) is 5.13. The van der Waals surface area contributed by atoms with Gasteiger partial charge in [-0.05, 0) is 31.2 Å². The Hall–Kier alpha value is -3.10. The van der Waals surface area contributed by atoms with E-state index < -0.39 is 11.7 Å². The molecule has 0 amide bonds. The zero-order valence-electron chi connectivity index (χ0n) is 12.4. The number of aryl methyl sites for hydroxylation is 1. The summed E-state index contributed by atoms with van der Waals surface area (Å²) in [5.41, 5.74) is 6.07. The Labute approximate surface area is 134 Å². The molecule has 2 heterocycles. The van der Waals surface area contributed by atoms with E-state index in [2.05, 4.69) is 15.1 Å². The van der Waals surface area contributed by atoms with E-state index in [0.29, 0.717) is 16.6 Å². The van der Waals surface area contributed by atoms with Crippen molar-refractivity contribution in [1.82, 2.24) is 14.5 Å². The van der Waals surface area contributed by atoms with Gasteiger partial charge in [0.05, 0.1) is 16.8 Å². The number of halogens is 3. The molecule has 24 heavy (non-hydrogen) atoms. The van der Waals surface area contributed by atoms with Gasteiger partial charge in [0, 0.05) is 17.8 Å². The fourth-order valence-electron chi connectivity index (χ4n) is 2.36. The van der Waals surface area contributed by atoms with Gasteiger partial charge in [0.2, 0.25) is 0 Å². The highest BCUT2D eigenvalue weighted by atomic mass is 19.4. The van der Waals surface area contributed by atoms with Crippen LogP contribution in [-0.2, 0) is 6.18 Å². The molecular weight excluding hydrogens is 323 g/mol. The highest BCUT2D eigenvalue weighted by molar-refractivity contribution is 5.98. The van der Waals surface area contributed by atoms with Crippen molar-refractivity contribution in [3.05, 3.63) is 53.6 Å². The first kappa shape index (κ1) is 15.8. The minimum atomic E-state index is -4.42. The van der Waals surface area contributed by atoms with Gasteiger partial charge in [-0.15, -0.1) is 0 Å². The fourth-order valence-corrected chi connectivity index (χ4v) is 2.36. The minimum Gasteiger partial charge on any atom is -0.409 e. The molecule has 124 valence electrons. The van der Waals surface area contributed by atoms with Crippen molar-refractivity contribution in [3.63, 3.8) is 0 Å². The van der Waals surface area contributed by atoms with Crippen LogP contribution in [0.1, 0.15) is 17.0 Å². The van der Waals surface area contributed by atoms with E-state index >= 15 is 0 Å². The van der Waals surface area contributed by atoms with Crippen LogP contribution in [0.4, 0.5) is 13.2 Å². The van der Waals surface area contributed by atoms with E-state index in [0.717, 1.165) is 12.1 Å². The van der Waals surface area contributed by atoms with Crippen molar-refractivity contribution in [1.29, 1.82) is 0 Å². The average Bonchev–Trinajstić information content (AvgIpc) is 2.96. The van der Waals surface area contributed by atoms with Crippen LogP contribution >= 0.6 is 0 Å². The molecule has 0 spiro atoms. The largest absolute Gasteiger partial charge is 0.416 e. The highest BCUT2D eigenvalue weighted by Crippen LogP contribution is 2.32. The van der Waals surface area contributed by atoms with Crippen LogP contribution < -0.4 is 5.73 Å². The Morgan fingerprint density at radius 2 is 2.04 bits per heavy atom. The maximum atomic E-state index is 12.8. The van der Waals surface area contributed by atoms with Gasteiger partial charge in [0.15, 0.2) is 17.3 Å². The van der Waals surface area contributed by atoms with Crippen molar-refractivity contribution in [2.75, 3.05) is 0 Å². The maximum Gasteiger partial charge on any atom is 0.416 e. The van der Waals surface area contributed by atoms with Crippen molar-refractivity contribution in [2.24, 2.45) is 10.9 Å². The van der Waals surface area contributed by atoms with Crippen LogP contribution in [0.25, 0.3) is 16.7 Å². The maximum absolute atomic E-state index is 12.8. The smallest absolute Gasteiger partial charge is 0.409 e. The summed E-state index contributed by atoms with van der Waals surface area (Å²) in [6, 6.07) is 4.92. The fraction of sp³-hybridized carbons (Fsp3) is 0.133. The van der Waals surface area contributed by atoms with Crippen molar-refractivity contribution < 1.29 is 18.4 Å². The molecule has 3 N–H and O–H groups in total. The number of amidine groups is 1. The number of nitrogens with two attached hydrogens (primary N) is 1. The number of oxime groups is 1. The number of fused-ring (bicyclic) bond motifs is 1. The van der Waals surface area contributed by atoms with Crippen LogP contribution in [0.3, 0.4) is 0 Å². The first-order valence-corrected chi connectivity index (χ1v) is 6.81. The summed E-state index contributed by atoms with van der Waals surface area (Å²) >= 11 is 0. The minimum absolute atomic E-state index is 0.125. The van der Waals surface area contributed by atoms with E-state index in [1.54, 1.807) is 17.7 Å². The normalized spacial score (nSPS) is 12.8. The SMILES string of the molecule is Cc1cnc(/C(N)=N/O)c(-n2ccc3cc(C(F)(F)F)ccc32)n1. The number of hydrogen-bond acceptors (Lipinski definition) is 4. The van der Waals surface area contributed by atoms with Crippen LogP contribution in [-0.4, -0.2) is 25.6 Å². The number of benzene rings is 1. The van der Waals surface area contributed by atoms with E-state index in [-0.39, 0.29) is 17.3 Å². The number of alkyl halides is 3. The van der Waals surface area contributed by atoms with Crippen LogP contribution in [0.15, 0.2) is 41.8 Å². The first-order valence-electron chi connectivity index (χ1n) is 6.81. The summed E-state index contributed by atoms with van der Waals surface area (Å²) in [6.07, 6.45) is -1.41. The van der Waals surface area contributed by atoms with Gasteiger partial charge in [0.25, 0.3) is 0 Å². The Morgan fingerprint density at radius 1 is 1.29 bits per heavy atom. The quantitative estimate of drug-likeness (QED) is 0.326. The highest BCUT2D eigenvalue weighted by Gasteiger charge is 2.30. The van der Waals surface area contributed by atoms with Gasteiger partial charge in [-0.1, -0.05) is 5.16 Å².